The molecule has 1 rings (SSSR count). The molecule has 78 valence electrons. The Kier molecular flexibility index (Phi) is 3.01. The summed E-state index contributed by atoms with van der Waals surface area (Å²) >= 11 is 5.58. The van der Waals surface area contributed by atoms with Crippen LogP contribution in [0.15, 0.2) is 12.1 Å². The number of anilines is 1. The number of rotatable bonds is 2. The van der Waals surface area contributed by atoms with E-state index in [2.05, 4.69) is 4.72 Å². The minimum absolute atomic E-state index is 0.0584. The van der Waals surface area contributed by atoms with Gasteiger partial charge in [-0.3, -0.25) is 4.72 Å². The molecule has 1 aromatic rings. The molecule has 0 unspecified atom stereocenters. The smallest absolute Gasteiger partial charge is 0.229 e. The Labute approximate surface area is 86.9 Å². The minimum atomic E-state index is -3.47. The summed E-state index contributed by atoms with van der Waals surface area (Å²) in [5.74, 6) is -0.680. The van der Waals surface area contributed by atoms with E-state index in [1.54, 1.807) is 6.92 Å². The van der Waals surface area contributed by atoms with Crippen molar-refractivity contribution in [2.24, 2.45) is 0 Å². The fourth-order valence-corrected chi connectivity index (χ4v) is 1.91. The molecule has 0 radical (unpaired) electrons. The zero-order valence-corrected chi connectivity index (χ0v) is 9.21. The van der Waals surface area contributed by atoms with E-state index in [-0.39, 0.29) is 10.7 Å². The van der Waals surface area contributed by atoms with E-state index in [1.807, 2.05) is 0 Å². The molecule has 0 aliphatic heterocycles. The first kappa shape index (κ1) is 11.3. The second kappa shape index (κ2) is 3.74. The average molecular weight is 238 g/mol. The van der Waals surface area contributed by atoms with E-state index >= 15 is 0 Å². The second-order valence-corrected chi connectivity index (χ2v) is 5.14. The van der Waals surface area contributed by atoms with Crippen LogP contribution >= 0.6 is 11.6 Å². The highest BCUT2D eigenvalue weighted by Crippen LogP contribution is 2.24. The lowest BCUT2D eigenvalue weighted by Crippen LogP contribution is -2.12. The molecule has 0 saturated carbocycles. The minimum Gasteiger partial charge on any atom is -0.281 e. The van der Waals surface area contributed by atoms with Gasteiger partial charge < -0.3 is 0 Å². The lowest BCUT2D eigenvalue weighted by molar-refractivity contribution is 0.603. The lowest BCUT2D eigenvalue weighted by atomic mass is 10.2. The van der Waals surface area contributed by atoms with Gasteiger partial charge in [0.2, 0.25) is 10.0 Å². The zero-order valence-electron chi connectivity index (χ0n) is 7.64. The largest absolute Gasteiger partial charge is 0.281 e. The third-order valence-corrected chi connectivity index (χ3v) is 2.33. The number of aryl methyl sites for hydroxylation is 1. The van der Waals surface area contributed by atoms with Gasteiger partial charge in [0.05, 0.1) is 11.9 Å². The van der Waals surface area contributed by atoms with Gasteiger partial charge in [-0.15, -0.1) is 0 Å². The summed E-state index contributed by atoms with van der Waals surface area (Å²) in [4.78, 5) is 0. The van der Waals surface area contributed by atoms with E-state index in [0.29, 0.717) is 5.56 Å². The average Bonchev–Trinajstić information content (AvgIpc) is 1.95. The number of benzene rings is 1. The molecule has 14 heavy (non-hydrogen) atoms. The predicted molar refractivity (Wildman–Crippen MR) is 54.6 cm³/mol. The molecule has 0 amide bonds. The monoisotopic (exact) mass is 237 g/mol. The zero-order chi connectivity index (χ0) is 10.9. The van der Waals surface area contributed by atoms with Crippen molar-refractivity contribution in [3.8, 4) is 0 Å². The number of hydrogen-bond acceptors (Lipinski definition) is 2. The van der Waals surface area contributed by atoms with E-state index in [4.69, 9.17) is 11.6 Å². The van der Waals surface area contributed by atoms with Crippen molar-refractivity contribution in [1.82, 2.24) is 0 Å². The van der Waals surface area contributed by atoms with E-state index in [9.17, 15) is 12.8 Å². The van der Waals surface area contributed by atoms with Crippen molar-refractivity contribution in [1.29, 1.82) is 0 Å². The van der Waals surface area contributed by atoms with Gasteiger partial charge in [-0.1, -0.05) is 11.6 Å². The number of hydrogen-bond donors (Lipinski definition) is 1. The SMILES string of the molecule is Cc1cc(Cl)cc(F)c1NS(C)(=O)=O. The highest BCUT2D eigenvalue weighted by molar-refractivity contribution is 7.92. The molecule has 0 heterocycles. The third-order valence-electron chi connectivity index (χ3n) is 1.54. The summed E-state index contributed by atoms with van der Waals surface area (Å²) in [6.07, 6.45) is 0.959. The van der Waals surface area contributed by atoms with Crippen LogP contribution in [0.2, 0.25) is 5.02 Å². The molecule has 1 N–H and O–H groups in total. The molecule has 3 nitrogen and oxygen atoms in total. The lowest BCUT2D eigenvalue weighted by Gasteiger charge is -2.08. The Morgan fingerprint density at radius 1 is 1.43 bits per heavy atom. The molecule has 0 atom stereocenters. The summed E-state index contributed by atoms with van der Waals surface area (Å²) in [5, 5.41) is 0.235. The molecule has 6 heteroatoms. The summed E-state index contributed by atoms with van der Waals surface area (Å²) in [6.45, 7) is 1.57. The normalized spacial score (nSPS) is 11.4. The van der Waals surface area contributed by atoms with Crippen molar-refractivity contribution >= 4 is 27.3 Å². The van der Waals surface area contributed by atoms with Crippen molar-refractivity contribution in [2.45, 2.75) is 6.92 Å². The van der Waals surface area contributed by atoms with Gasteiger partial charge in [0, 0.05) is 5.02 Å². The fourth-order valence-electron chi connectivity index (χ4n) is 1.02. The number of halogens is 2. The highest BCUT2D eigenvalue weighted by Gasteiger charge is 2.11. The first-order valence-corrected chi connectivity index (χ1v) is 6.00. The Morgan fingerprint density at radius 3 is 2.43 bits per heavy atom. The van der Waals surface area contributed by atoms with Crippen molar-refractivity contribution < 1.29 is 12.8 Å². The van der Waals surface area contributed by atoms with Crippen LogP contribution in [0, 0.1) is 12.7 Å². The first-order chi connectivity index (χ1) is 6.29. The van der Waals surface area contributed by atoms with E-state index in [1.165, 1.54) is 6.07 Å². The van der Waals surface area contributed by atoms with E-state index in [0.717, 1.165) is 12.3 Å². The fraction of sp³-hybridized carbons (Fsp3) is 0.250. The Balaban J connectivity index is 3.22. The van der Waals surface area contributed by atoms with Gasteiger partial charge in [0.1, 0.15) is 5.82 Å². The topological polar surface area (TPSA) is 46.2 Å². The Hall–Kier alpha value is -0.810. The summed E-state index contributed by atoms with van der Waals surface area (Å²) in [7, 11) is -3.47. The molecule has 0 aliphatic carbocycles. The van der Waals surface area contributed by atoms with Crippen LogP contribution in [0.1, 0.15) is 5.56 Å². The van der Waals surface area contributed by atoms with Gasteiger partial charge >= 0.3 is 0 Å². The quantitative estimate of drug-likeness (QED) is 0.857. The van der Waals surface area contributed by atoms with Crippen molar-refractivity contribution in [3.63, 3.8) is 0 Å². The summed E-state index contributed by atoms with van der Waals surface area (Å²) < 4.78 is 37.1. The van der Waals surface area contributed by atoms with Crippen LogP contribution < -0.4 is 4.72 Å². The molecule has 1 aromatic carbocycles. The maximum Gasteiger partial charge on any atom is 0.229 e. The molecule has 0 aromatic heterocycles. The van der Waals surface area contributed by atoms with Crippen LogP contribution in [0.5, 0.6) is 0 Å². The molecule has 0 spiro atoms. The second-order valence-electron chi connectivity index (χ2n) is 2.95. The van der Waals surface area contributed by atoms with Gasteiger partial charge in [-0.05, 0) is 24.6 Å². The Morgan fingerprint density at radius 2 is 2.00 bits per heavy atom. The summed E-state index contributed by atoms with van der Waals surface area (Å²) in [6, 6.07) is 2.54. The van der Waals surface area contributed by atoms with Gasteiger partial charge in [0.25, 0.3) is 0 Å². The van der Waals surface area contributed by atoms with Crippen LogP contribution in [0.3, 0.4) is 0 Å². The van der Waals surface area contributed by atoms with Crippen LogP contribution in [-0.4, -0.2) is 14.7 Å². The molecule has 0 fully saturated rings. The van der Waals surface area contributed by atoms with Crippen molar-refractivity contribution in [3.05, 3.63) is 28.5 Å². The summed E-state index contributed by atoms with van der Waals surface area (Å²) in [5.41, 5.74) is 0.386. The molecule has 0 saturated heterocycles. The molecular weight excluding hydrogens is 229 g/mol. The highest BCUT2D eigenvalue weighted by atomic mass is 35.5. The maximum absolute atomic E-state index is 13.2. The van der Waals surface area contributed by atoms with E-state index < -0.39 is 15.8 Å². The standard InChI is InChI=1S/C8H9ClFNO2S/c1-5-3-6(9)4-7(10)8(5)11-14(2,12)13/h3-4,11H,1-2H3. The van der Waals surface area contributed by atoms with Gasteiger partial charge in [0.15, 0.2) is 0 Å². The molecular formula is C8H9ClFNO2S. The number of nitrogens with one attached hydrogen (secondary N) is 1. The number of sulfonamides is 1. The van der Waals surface area contributed by atoms with Crippen LogP contribution in [0.25, 0.3) is 0 Å². The third kappa shape index (κ3) is 2.85. The Bertz CT molecular complexity index is 435. The van der Waals surface area contributed by atoms with Crippen molar-refractivity contribution in [2.75, 3.05) is 11.0 Å². The van der Waals surface area contributed by atoms with Gasteiger partial charge in [-0.25, -0.2) is 12.8 Å². The maximum atomic E-state index is 13.2. The first-order valence-electron chi connectivity index (χ1n) is 3.73. The van der Waals surface area contributed by atoms with Gasteiger partial charge in [-0.2, -0.15) is 0 Å². The van der Waals surface area contributed by atoms with Crippen LogP contribution in [-0.2, 0) is 10.0 Å². The van der Waals surface area contributed by atoms with Crippen LogP contribution in [0.4, 0.5) is 10.1 Å². The predicted octanol–water partition coefficient (Wildman–Crippen LogP) is 2.16. The molecule has 0 bridgehead atoms. The molecule has 0 aliphatic rings.